The summed E-state index contributed by atoms with van der Waals surface area (Å²) in [5.74, 6) is 0.525. The molecule has 0 unspecified atom stereocenters. The van der Waals surface area contributed by atoms with E-state index >= 15 is 0 Å². The van der Waals surface area contributed by atoms with Gasteiger partial charge in [-0.2, -0.15) is 10.2 Å². The van der Waals surface area contributed by atoms with E-state index in [1.54, 1.807) is 23.1 Å². The molecule has 158 valence electrons. The summed E-state index contributed by atoms with van der Waals surface area (Å²) in [4.78, 5) is 12.5. The second-order valence-corrected chi connectivity index (χ2v) is 7.46. The van der Waals surface area contributed by atoms with Gasteiger partial charge in [-0.05, 0) is 49.1 Å². The lowest BCUT2D eigenvalue weighted by Crippen LogP contribution is -2.14. The summed E-state index contributed by atoms with van der Waals surface area (Å²) in [7, 11) is 0. The van der Waals surface area contributed by atoms with Crippen LogP contribution in [0, 0.1) is 13.8 Å². The normalized spacial score (nSPS) is 10.8. The molecule has 0 spiro atoms. The molecule has 2 aromatic heterocycles. The van der Waals surface area contributed by atoms with E-state index in [4.69, 9.17) is 4.74 Å². The number of nitrogens with one attached hydrogen (secondary N) is 1. The number of aryl methyl sites for hydroxylation is 4. The van der Waals surface area contributed by atoms with E-state index in [1.165, 1.54) is 5.56 Å². The average molecular weight is 415 g/mol. The van der Waals surface area contributed by atoms with Crippen molar-refractivity contribution in [1.29, 1.82) is 0 Å². The van der Waals surface area contributed by atoms with Crippen LogP contribution < -0.4 is 10.1 Å². The first kappa shape index (κ1) is 20.4. The Bertz CT molecular complexity index is 1160. The van der Waals surface area contributed by atoms with E-state index < -0.39 is 0 Å². The minimum atomic E-state index is -0.284. The van der Waals surface area contributed by atoms with Gasteiger partial charge in [-0.25, -0.2) is 4.68 Å². The number of anilines is 1. The molecule has 0 aliphatic heterocycles. The van der Waals surface area contributed by atoms with Crippen molar-refractivity contribution < 1.29 is 9.53 Å². The van der Waals surface area contributed by atoms with Crippen molar-refractivity contribution in [2.75, 3.05) is 5.32 Å². The summed E-state index contributed by atoms with van der Waals surface area (Å²) in [5.41, 5.74) is 4.39. The van der Waals surface area contributed by atoms with Crippen LogP contribution in [0.2, 0.25) is 0 Å². The zero-order chi connectivity index (χ0) is 21.6. The van der Waals surface area contributed by atoms with Gasteiger partial charge in [0.05, 0.1) is 11.9 Å². The Labute approximate surface area is 181 Å². The fraction of sp³-hybridized carbons (Fsp3) is 0.208. The maximum Gasteiger partial charge on any atom is 0.276 e. The molecule has 0 radical (unpaired) electrons. The van der Waals surface area contributed by atoms with Crippen LogP contribution in [-0.2, 0) is 19.7 Å². The lowest BCUT2D eigenvalue weighted by Gasteiger charge is -2.09. The second kappa shape index (κ2) is 9.30. The van der Waals surface area contributed by atoms with Gasteiger partial charge in [0.15, 0.2) is 12.4 Å². The molecule has 7 nitrogen and oxygen atoms in total. The molecule has 0 saturated heterocycles. The molecule has 0 aliphatic carbocycles. The zero-order valence-corrected chi connectivity index (χ0v) is 17.7. The maximum absolute atomic E-state index is 12.5. The van der Waals surface area contributed by atoms with Crippen molar-refractivity contribution in [1.82, 2.24) is 19.6 Å². The van der Waals surface area contributed by atoms with Crippen molar-refractivity contribution in [3.63, 3.8) is 0 Å². The molecular weight excluding hydrogens is 390 g/mol. The Morgan fingerprint density at radius 1 is 1.06 bits per heavy atom. The van der Waals surface area contributed by atoms with Crippen molar-refractivity contribution >= 4 is 11.6 Å². The minimum absolute atomic E-state index is 0.231. The van der Waals surface area contributed by atoms with Crippen LogP contribution in [0.4, 0.5) is 5.69 Å². The third-order valence-electron chi connectivity index (χ3n) is 4.93. The molecule has 1 amide bonds. The Morgan fingerprint density at radius 2 is 1.90 bits per heavy atom. The highest BCUT2D eigenvalue weighted by atomic mass is 16.5. The largest absolute Gasteiger partial charge is 0.471 e. The molecule has 31 heavy (non-hydrogen) atoms. The topological polar surface area (TPSA) is 74.0 Å². The first-order valence-electron chi connectivity index (χ1n) is 10.2. The SMILES string of the molecule is Cc1ccc(C)c(OCn2ccc(C(=O)Nc3cnn(CCc4ccccc4)c3)n2)c1. The third kappa shape index (κ3) is 5.39. The molecule has 0 fully saturated rings. The van der Waals surface area contributed by atoms with Crippen LogP contribution in [0.15, 0.2) is 73.2 Å². The Morgan fingerprint density at radius 3 is 2.74 bits per heavy atom. The smallest absolute Gasteiger partial charge is 0.276 e. The number of hydrogen-bond donors (Lipinski definition) is 1. The summed E-state index contributed by atoms with van der Waals surface area (Å²) >= 11 is 0. The molecule has 2 aromatic carbocycles. The van der Waals surface area contributed by atoms with Gasteiger partial charge >= 0.3 is 0 Å². The van der Waals surface area contributed by atoms with E-state index in [9.17, 15) is 4.79 Å². The molecule has 1 N–H and O–H groups in total. The second-order valence-electron chi connectivity index (χ2n) is 7.46. The van der Waals surface area contributed by atoms with E-state index in [0.717, 1.165) is 29.8 Å². The third-order valence-corrected chi connectivity index (χ3v) is 4.93. The lowest BCUT2D eigenvalue weighted by molar-refractivity contribution is 0.102. The monoisotopic (exact) mass is 415 g/mol. The van der Waals surface area contributed by atoms with E-state index in [-0.39, 0.29) is 12.6 Å². The summed E-state index contributed by atoms with van der Waals surface area (Å²) < 4.78 is 9.25. The van der Waals surface area contributed by atoms with Crippen molar-refractivity contribution in [2.24, 2.45) is 0 Å². The maximum atomic E-state index is 12.5. The molecule has 0 bridgehead atoms. The zero-order valence-electron chi connectivity index (χ0n) is 17.7. The number of hydrogen-bond acceptors (Lipinski definition) is 4. The van der Waals surface area contributed by atoms with Crippen LogP contribution in [-0.4, -0.2) is 25.5 Å². The highest BCUT2D eigenvalue weighted by molar-refractivity contribution is 6.02. The summed E-state index contributed by atoms with van der Waals surface area (Å²) in [6.07, 6.45) is 6.06. The average Bonchev–Trinajstić information content (AvgIpc) is 3.43. The van der Waals surface area contributed by atoms with Crippen LogP contribution >= 0.6 is 0 Å². The van der Waals surface area contributed by atoms with Gasteiger partial charge in [0.2, 0.25) is 0 Å². The summed E-state index contributed by atoms with van der Waals surface area (Å²) in [5, 5.41) is 11.5. The van der Waals surface area contributed by atoms with E-state index in [0.29, 0.717) is 11.4 Å². The molecule has 0 saturated carbocycles. The number of nitrogens with zero attached hydrogens (tertiary/aromatic N) is 4. The number of amides is 1. The number of rotatable bonds is 8. The Kier molecular flexibility index (Phi) is 6.12. The van der Waals surface area contributed by atoms with Gasteiger partial charge in [0.25, 0.3) is 5.91 Å². The predicted molar refractivity (Wildman–Crippen MR) is 119 cm³/mol. The van der Waals surface area contributed by atoms with Gasteiger partial charge in [-0.15, -0.1) is 0 Å². The molecule has 7 heteroatoms. The Hall–Kier alpha value is -3.87. The van der Waals surface area contributed by atoms with Gasteiger partial charge in [-0.3, -0.25) is 9.48 Å². The first-order valence-corrected chi connectivity index (χ1v) is 10.2. The predicted octanol–water partition coefficient (Wildman–Crippen LogP) is 4.23. The molecule has 4 aromatic rings. The van der Waals surface area contributed by atoms with Crippen LogP contribution in [0.1, 0.15) is 27.2 Å². The van der Waals surface area contributed by atoms with Crippen molar-refractivity contribution in [3.8, 4) is 5.75 Å². The fourth-order valence-corrected chi connectivity index (χ4v) is 3.19. The van der Waals surface area contributed by atoms with Gasteiger partial charge in [-0.1, -0.05) is 42.5 Å². The standard InChI is InChI=1S/C24H25N5O2/c1-18-8-9-19(2)23(14-18)31-17-29-13-11-22(27-29)24(30)26-21-15-25-28(16-21)12-10-20-6-4-3-5-7-20/h3-9,11,13-16H,10,12,17H2,1-2H3,(H,26,30). The number of benzene rings is 2. The number of carbonyl (C=O) groups excluding carboxylic acids is 1. The minimum Gasteiger partial charge on any atom is -0.471 e. The van der Waals surface area contributed by atoms with Crippen LogP contribution in [0.25, 0.3) is 0 Å². The van der Waals surface area contributed by atoms with Crippen LogP contribution in [0.5, 0.6) is 5.75 Å². The van der Waals surface area contributed by atoms with Crippen molar-refractivity contribution in [3.05, 3.63) is 95.6 Å². The number of carbonyl (C=O) groups is 1. The van der Waals surface area contributed by atoms with Crippen molar-refractivity contribution in [2.45, 2.75) is 33.5 Å². The molecule has 2 heterocycles. The van der Waals surface area contributed by atoms with Gasteiger partial charge < -0.3 is 10.1 Å². The fourth-order valence-electron chi connectivity index (χ4n) is 3.19. The van der Waals surface area contributed by atoms with E-state index in [2.05, 4.69) is 27.6 Å². The van der Waals surface area contributed by atoms with Gasteiger partial charge in [0, 0.05) is 18.9 Å². The van der Waals surface area contributed by atoms with E-state index in [1.807, 2.05) is 61.1 Å². The summed E-state index contributed by atoms with van der Waals surface area (Å²) in [6.45, 7) is 4.99. The highest BCUT2D eigenvalue weighted by Gasteiger charge is 2.11. The number of aromatic nitrogens is 4. The molecule has 4 rings (SSSR count). The quantitative estimate of drug-likeness (QED) is 0.467. The van der Waals surface area contributed by atoms with Gasteiger partial charge in [0.1, 0.15) is 5.75 Å². The molecule has 0 atom stereocenters. The molecular formula is C24H25N5O2. The highest BCUT2D eigenvalue weighted by Crippen LogP contribution is 2.19. The lowest BCUT2D eigenvalue weighted by atomic mass is 10.1. The van der Waals surface area contributed by atoms with Crippen LogP contribution in [0.3, 0.4) is 0 Å². The first-order chi connectivity index (χ1) is 15.1. The summed E-state index contributed by atoms with van der Waals surface area (Å²) in [6, 6.07) is 18.0. The number of ether oxygens (including phenoxy) is 1. The molecule has 0 aliphatic rings. The Balaban J connectivity index is 1.31.